The topological polar surface area (TPSA) is 72.7 Å². The zero-order valence-electron chi connectivity index (χ0n) is 18.5. The van der Waals surface area contributed by atoms with E-state index in [4.69, 9.17) is 16.6 Å². The Morgan fingerprint density at radius 3 is 2.66 bits per heavy atom. The molecule has 2 bridgehead atoms. The third kappa shape index (κ3) is 5.22. The van der Waals surface area contributed by atoms with Gasteiger partial charge in [-0.25, -0.2) is 9.97 Å². The molecule has 0 saturated carbocycles. The summed E-state index contributed by atoms with van der Waals surface area (Å²) in [5.74, 6) is 3.37. The van der Waals surface area contributed by atoms with E-state index in [2.05, 4.69) is 35.3 Å². The zero-order chi connectivity index (χ0) is 21.8. The predicted octanol–water partition coefficient (Wildman–Crippen LogP) is 1.57. The fraction of sp³-hybridized carbons (Fsp3) is 0.609. The molecule has 32 heavy (non-hydrogen) atoms. The van der Waals surface area contributed by atoms with Crippen LogP contribution in [0.2, 0.25) is 0 Å². The normalized spacial score (nSPS) is 27.9. The van der Waals surface area contributed by atoms with E-state index in [-0.39, 0.29) is 0 Å². The van der Waals surface area contributed by atoms with Crippen LogP contribution in [0.25, 0.3) is 0 Å². The van der Waals surface area contributed by atoms with Crippen LogP contribution in [0.5, 0.6) is 0 Å². The molecule has 6 rings (SSSR count). The Morgan fingerprint density at radius 2 is 1.94 bits per heavy atom. The van der Waals surface area contributed by atoms with Gasteiger partial charge in [-0.3, -0.25) is 9.80 Å². The lowest BCUT2D eigenvalue weighted by Crippen LogP contribution is -2.59. The monoisotopic (exact) mass is 455 g/mol. The maximum absolute atomic E-state index is 5.46. The van der Waals surface area contributed by atoms with Crippen molar-refractivity contribution in [1.82, 2.24) is 30.4 Å². The summed E-state index contributed by atoms with van der Waals surface area (Å²) in [4.78, 5) is 16.4. The Kier molecular flexibility index (Phi) is 6.85. The van der Waals surface area contributed by atoms with Gasteiger partial charge in [0.1, 0.15) is 5.76 Å². The van der Waals surface area contributed by atoms with Crippen molar-refractivity contribution in [1.29, 1.82) is 0 Å². The van der Waals surface area contributed by atoms with Gasteiger partial charge in [0.05, 0.1) is 12.8 Å². The number of anilines is 1. The largest absolute Gasteiger partial charge is 0.467 e. The molecule has 0 spiro atoms. The minimum Gasteiger partial charge on any atom is -0.467 e. The molecule has 0 amide bonds. The van der Waals surface area contributed by atoms with Gasteiger partial charge in [-0.2, -0.15) is 0 Å². The molecule has 4 saturated heterocycles. The molecule has 2 aromatic rings. The van der Waals surface area contributed by atoms with Crippen LogP contribution in [0.3, 0.4) is 0 Å². The van der Waals surface area contributed by atoms with Crippen LogP contribution in [0.15, 0.2) is 41.3 Å². The minimum atomic E-state index is 0.584. The minimum absolute atomic E-state index is 0.584. The average molecular weight is 456 g/mol. The number of rotatable bonds is 7. The summed E-state index contributed by atoms with van der Waals surface area (Å²) in [5, 5.41) is 7.37. The first-order valence-corrected chi connectivity index (χ1v) is 12.2. The number of hydrogen-bond donors (Lipinski definition) is 2. The van der Waals surface area contributed by atoms with Gasteiger partial charge in [0, 0.05) is 64.2 Å². The summed E-state index contributed by atoms with van der Waals surface area (Å²) >= 11 is 5.46. The van der Waals surface area contributed by atoms with Gasteiger partial charge in [-0.05, 0) is 61.6 Å². The van der Waals surface area contributed by atoms with Crippen molar-refractivity contribution >= 4 is 23.3 Å². The van der Waals surface area contributed by atoms with Crippen LogP contribution >= 0.6 is 12.2 Å². The van der Waals surface area contributed by atoms with Crippen molar-refractivity contribution < 1.29 is 4.42 Å². The van der Waals surface area contributed by atoms with Gasteiger partial charge >= 0.3 is 0 Å². The van der Waals surface area contributed by atoms with E-state index in [1.165, 1.54) is 32.5 Å². The van der Waals surface area contributed by atoms with E-state index in [9.17, 15) is 0 Å². The molecule has 0 aliphatic carbocycles. The fourth-order valence-electron chi connectivity index (χ4n) is 5.44. The summed E-state index contributed by atoms with van der Waals surface area (Å²) in [6.07, 6.45) is 7.95. The second kappa shape index (κ2) is 10.1. The number of fused-ring (bicyclic) bond motifs is 3. The molecule has 4 atom stereocenters. The standard InChI is InChI=1S/C23H33N7OS/c32-23(27-15-21-3-1-12-31-21)26-14-20-13-18-4-7-30(20)17-19(18)16-28-8-10-29(11-9-28)22-24-5-2-6-25-22/h1-3,5-6,12,18-20H,4,7-11,13-17H2,(H2,26,27,32). The highest BCUT2D eigenvalue weighted by molar-refractivity contribution is 7.80. The second-order valence-electron chi connectivity index (χ2n) is 9.17. The summed E-state index contributed by atoms with van der Waals surface area (Å²) in [6, 6.07) is 6.31. The van der Waals surface area contributed by atoms with Crippen LogP contribution in [0, 0.1) is 11.8 Å². The number of nitrogens with zero attached hydrogens (tertiary/aromatic N) is 5. The number of piperidine rings is 3. The van der Waals surface area contributed by atoms with Gasteiger partial charge in [0.2, 0.25) is 5.95 Å². The van der Waals surface area contributed by atoms with Gasteiger partial charge in [-0.15, -0.1) is 0 Å². The van der Waals surface area contributed by atoms with Gasteiger partial charge in [0.25, 0.3) is 0 Å². The van der Waals surface area contributed by atoms with Crippen LogP contribution in [0.4, 0.5) is 5.95 Å². The number of piperazine rings is 1. The summed E-state index contributed by atoms with van der Waals surface area (Å²) in [6.45, 7) is 9.42. The molecule has 172 valence electrons. The molecule has 6 heterocycles. The molecule has 4 unspecified atom stereocenters. The fourth-order valence-corrected chi connectivity index (χ4v) is 5.59. The molecule has 2 aromatic heterocycles. The Bertz CT molecular complexity index is 856. The third-order valence-electron chi connectivity index (χ3n) is 7.22. The molecular weight excluding hydrogens is 422 g/mol. The number of hydrogen-bond acceptors (Lipinski definition) is 7. The lowest BCUT2D eigenvalue weighted by molar-refractivity contribution is -0.0110. The van der Waals surface area contributed by atoms with Crippen LogP contribution < -0.4 is 15.5 Å². The molecule has 0 radical (unpaired) electrons. The summed E-state index contributed by atoms with van der Waals surface area (Å²) in [7, 11) is 0. The molecule has 4 aliphatic heterocycles. The number of thiocarbonyl (C=S) groups is 1. The highest BCUT2D eigenvalue weighted by Gasteiger charge is 2.40. The lowest BCUT2D eigenvalue weighted by atomic mass is 9.75. The molecule has 0 aromatic carbocycles. The quantitative estimate of drug-likeness (QED) is 0.605. The molecular formula is C23H33N7OS. The van der Waals surface area contributed by atoms with Crippen LogP contribution in [-0.4, -0.2) is 83.3 Å². The van der Waals surface area contributed by atoms with Crippen molar-refractivity contribution in [3.05, 3.63) is 42.6 Å². The van der Waals surface area contributed by atoms with Crippen LogP contribution in [0.1, 0.15) is 18.6 Å². The Labute approximate surface area is 195 Å². The zero-order valence-corrected chi connectivity index (χ0v) is 19.3. The lowest BCUT2D eigenvalue weighted by Gasteiger charge is -2.51. The van der Waals surface area contributed by atoms with Crippen molar-refractivity contribution in [2.45, 2.75) is 25.4 Å². The van der Waals surface area contributed by atoms with Crippen LogP contribution in [-0.2, 0) is 6.54 Å². The SMILES string of the molecule is S=C(NCc1ccco1)NCC1CC2CCN1CC2CN1CCN(c2ncccn2)CC1. The van der Waals surface area contributed by atoms with Gasteiger partial charge in [-0.1, -0.05) is 0 Å². The second-order valence-corrected chi connectivity index (χ2v) is 9.58. The van der Waals surface area contributed by atoms with E-state index in [1.807, 2.05) is 30.6 Å². The number of aromatic nitrogens is 2. The first-order valence-electron chi connectivity index (χ1n) is 11.8. The van der Waals surface area contributed by atoms with Gasteiger partial charge < -0.3 is 20.0 Å². The Balaban J connectivity index is 1.04. The van der Waals surface area contributed by atoms with Crippen molar-refractivity contribution in [2.75, 3.05) is 57.3 Å². The van der Waals surface area contributed by atoms with E-state index >= 15 is 0 Å². The highest BCUT2D eigenvalue weighted by atomic mass is 32.1. The van der Waals surface area contributed by atoms with E-state index in [1.54, 1.807) is 6.26 Å². The summed E-state index contributed by atoms with van der Waals surface area (Å²) < 4.78 is 5.35. The first kappa shape index (κ1) is 21.6. The van der Waals surface area contributed by atoms with E-state index in [0.29, 0.717) is 17.7 Å². The van der Waals surface area contributed by atoms with E-state index in [0.717, 1.165) is 56.3 Å². The number of furan rings is 1. The van der Waals surface area contributed by atoms with Gasteiger partial charge in [0.15, 0.2) is 5.11 Å². The Morgan fingerprint density at radius 1 is 1.09 bits per heavy atom. The average Bonchev–Trinajstić information content (AvgIpc) is 3.37. The molecule has 4 aliphatic rings. The van der Waals surface area contributed by atoms with Crippen molar-refractivity contribution in [2.24, 2.45) is 11.8 Å². The Hall–Kier alpha value is -2.23. The van der Waals surface area contributed by atoms with E-state index < -0.39 is 0 Å². The van der Waals surface area contributed by atoms with Crippen molar-refractivity contribution in [3.8, 4) is 0 Å². The smallest absolute Gasteiger partial charge is 0.225 e. The van der Waals surface area contributed by atoms with Crippen molar-refractivity contribution in [3.63, 3.8) is 0 Å². The molecule has 8 nitrogen and oxygen atoms in total. The predicted molar refractivity (Wildman–Crippen MR) is 128 cm³/mol. The molecule has 9 heteroatoms. The highest BCUT2D eigenvalue weighted by Crippen LogP contribution is 2.36. The first-order chi connectivity index (χ1) is 15.7. The number of nitrogens with one attached hydrogen (secondary N) is 2. The maximum Gasteiger partial charge on any atom is 0.225 e. The maximum atomic E-state index is 5.46. The molecule has 2 N–H and O–H groups in total. The molecule has 4 fully saturated rings. The third-order valence-corrected chi connectivity index (χ3v) is 7.50. The summed E-state index contributed by atoms with van der Waals surface area (Å²) in [5.41, 5.74) is 0.